The summed E-state index contributed by atoms with van der Waals surface area (Å²) in [6.07, 6.45) is 0. The minimum atomic E-state index is -1.91. The number of nitrogens with two attached hydrogens (primary N) is 1. The van der Waals surface area contributed by atoms with Crippen LogP contribution in [-0.4, -0.2) is 18.8 Å². The normalized spacial score (nSPS) is 11.8. The van der Waals surface area contributed by atoms with Crippen LogP contribution in [0.25, 0.3) is 0 Å². The molecule has 0 radical (unpaired) electrons. The third-order valence-electron chi connectivity index (χ3n) is 2.93. The second-order valence-electron chi connectivity index (χ2n) is 4.20. The quantitative estimate of drug-likeness (QED) is 0.838. The molecular weight excluding hydrogens is 227 g/mol. The van der Waals surface area contributed by atoms with E-state index in [4.69, 9.17) is 5.50 Å². The third kappa shape index (κ3) is 2.25. The van der Waals surface area contributed by atoms with Crippen LogP contribution < -0.4 is 16.1 Å². The SMILES string of the molecule is CN(C)[P+](N)(c1ccccc1)c1ccccc1. The Morgan fingerprint density at radius 2 is 1.12 bits per heavy atom. The number of benzene rings is 2. The fraction of sp³-hybridized carbons (Fsp3) is 0.143. The van der Waals surface area contributed by atoms with E-state index in [0.29, 0.717) is 0 Å². The largest absolute Gasteiger partial charge is 0.213 e. The van der Waals surface area contributed by atoms with Crippen LogP contribution in [0.5, 0.6) is 0 Å². The zero-order valence-electron chi connectivity index (χ0n) is 10.2. The summed E-state index contributed by atoms with van der Waals surface area (Å²) in [6.45, 7) is 0. The van der Waals surface area contributed by atoms with Crippen LogP contribution in [0.15, 0.2) is 60.7 Å². The van der Waals surface area contributed by atoms with Crippen molar-refractivity contribution in [1.82, 2.24) is 4.67 Å². The van der Waals surface area contributed by atoms with Crippen molar-refractivity contribution in [2.75, 3.05) is 14.1 Å². The van der Waals surface area contributed by atoms with E-state index in [1.54, 1.807) is 0 Å². The van der Waals surface area contributed by atoms with Crippen LogP contribution in [0.3, 0.4) is 0 Å². The summed E-state index contributed by atoms with van der Waals surface area (Å²) in [7, 11) is 2.19. The number of rotatable bonds is 3. The second kappa shape index (κ2) is 4.97. The van der Waals surface area contributed by atoms with Gasteiger partial charge in [0.2, 0.25) is 7.56 Å². The van der Waals surface area contributed by atoms with Crippen molar-refractivity contribution in [3.63, 3.8) is 0 Å². The first-order chi connectivity index (χ1) is 8.15. The molecule has 2 rings (SSSR count). The minimum absolute atomic E-state index is 1.20. The van der Waals surface area contributed by atoms with Crippen LogP contribution in [-0.2, 0) is 0 Å². The van der Waals surface area contributed by atoms with E-state index in [-0.39, 0.29) is 0 Å². The second-order valence-corrected chi connectivity index (χ2v) is 7.41. The van der Waals surface area contributed by atoms with Crippen LogP contribution in [0.2, 0.25) is 0 Å². The lowest BCUT2D eigenvalue weighted by molar-refractivity contribution is 0.674. The first-order valence-electron chi connectivity index (χ1n) is 5.62. The van der Waals surface area contributed by atoms with Gasteiger partial charge in [-0.15, -0.1) is 0 Å². The molecule has 0 amide bonds. The number of hydrogen-bond donors (Lipinski definition) is 1. The monoisotopic (exact) mass is 245 g/mol. The Kier molecular flexibility index (Phi) is 3.58. The van der Waals surface area contributed by atoms with Crippen LogP contribution in [0.1, 0.15) is 0 Å². The Labute approximate surface area is 104 Å². The summed E-state index contributed by atoms with van der Waals surface area (Å²) in [5.74, 6) is 0. The molecule has 0 aliphatic rings. The lowest BCUT2D eigenvalue weighted by Gasteiger charge is -2.27. The first kappa shape index (κ1) is 12.3. The maximum atomic E-state index is 6.72. The predicted molar refractivity (Wildman–Crippen MR) is 76.9 cm³/mol. The van der Waals surface area contributed by atoms with Gasteiger partial charge in [-0.3, -0.25) is 0 Å². The molecule has 0 saturated heterocycles. The van der Waals surface area contributed by atoms with Gasteiger partial charge in [-0.1, -0.05) is 36.4 Å². The van der Waals surface area contributed by atoms with Crippen molar-refractivity contribution in [3.8, 4) is 0 Å². The zero-order chi connectivity index (χ0) is 12.3. The van der Waals surface area contributed by atoms with Gasteiger partial charge < -0.3 is 0 Å². The maximum absolute atomic E-state index is 6.72. The fourth-order valence-corrected chi connectivity index (χ4v) is 4.40. The van der Waals surface area contributed by atoms with E-state index in [2.05, 4.69) is 28.9 Å². The van der Waals surface area contributed by atoms with Crippen LogP contribution >= 0.6 is 7.56 Å². The highest BCUT2D eigenvalue weighted by Gasteiger charge is 2.41. The molecule has 2 aromatic rings. The minimum Gasteiger partial charge on any atom is -0.180 e. The molecule has 2 N–H and O–H groups in total. The van der Waals surface area contributed by atoms with Gasteiger partial charge >= 0.3 is 0 Å². The van der Waals surface area contributed by atoms with Crippen LogP contribution in [0.4, 0.5) is 0 Å². The van der Waals surface area contributed by atoms with Crippen LogP contribution in [0, 0.1) is 0 Å². The first-order valence-corrected chi connectivity index (χ1v) is 7.43. The van der Waals surface area contributed by atoms with E-state index in [9.17, 15) is 0 Å². The summed E-state index contributed by atoms with van der Waals surface area (Å²) < 4.78 is 2.15. The van der Waals surface area contributed by atoms with Crippen molar-refractivity contribution in [2.24, 2.45) is 5.50 Å². The molecule has 3 heteroatoms. The molecular formula is C14H18N2P+. The molecule has 0 unspecified atom stereocenters. The van der Waals surface area contributed by atoms with Crippen molar-refractivity contribution < 1.29 is 0 Å². The molecule has 0 aliphatic heterocycles. The van der Waals surface area contributed by atoms with Crippen molar-refractivity contribution in [2.45, 2.75) is 0 Å². The maximum Gasteiger partial charge on any atom is 0.213 e. The van der Waals surface area contributed by atoms with E-state index in [1.165, 1.54) is 10.6 Å². The van der Waals surface area contributed by atoms with E-state index >= 15 is 0 Å². The summed E-state index contributed by atoms with van der Waals surface area (Å²) in [4.78, 5) is 0. The Hall–Kier alpha value is -1.21. The topological polar surface area (TPSA) is 29.3 Å². The summed E-state index contributed by atoms with van der Waals surface area (Å²) in [5.41, 5.74) is 6.72. The highest BCUT2D eigenvalue weighted by molar-refractivity contribution is 7.85. The zero-order valence-corrected chi connectivity index (χ0v) is 11.1. The molecule has 88 valence electrons. The summed E-state index contributed by atoms with van der Waals surface area (Å²) in [5, 5.41) is 2.41. The number of hydrogen-bond acceptors (Lipinski definition) is 2. The Bertz CT molecular complexity index is 429. The molecule has 0 fully saturated rings. The standard InChI is InChI=1S/C14H18N2P/c1-16(2)17(15,13-9-5-3-6-10-13)14-11-7-4-8-12-14/h3-12H,15H2,1-2H3/q+1. The average molecular weight is 245 g/mol. The van der Waals surface area contributed by atoms with Gasteiger partial charge in [-0.05, 0) is 24.3 Å². The van der Waals surface area contributed by atoms with Gasteiger partial charge in [0.1, 0.15) is 10.6 Å². The molecule has 0 aromatic heterocycles. The van der Waals surface area contributed by atoms with Gasteiger partial charge in [0.15, 0.2) is 0 Å². The smallest absolute Gasteiger partial charge is 0.180 e. The van der Waals surface area contributed by atoms with Crippen molar-refractivity contribution in [1.29, 1.82) is 0 Å². The Morgan fingerprint density at radius 3 is 1.41 bits per heavy atom. The van der Waals surface area contributed by atoms with Gasteiger partial charge in [0, 0.05) is 14.1 Å². The lowest BCUT2D eigenvalue weighted by atomic mass is 10.4. The van der Waals surface area contributed by atoms with Gasteiger partial charge in [-0.2, -0.15) is 10.2 Å². The highest BCUT2D eigenvalue weighted by Crippen LogP contribution is 2.49. The van der Waals surface area contributed by atoms with Gasteiger partial charge in [0.05, 0.1) is 0 Å². The Balaban J connectivity index is 2.55. The lowest BCUT2D eigenvalue weighted by Crippen LogP contribution is -2.38. The highest BCUT2D eigenvalue weighted by atomic mass is 31.2. The molecule has 2 aromatic carbocycles. The van der Waals surface area contributed by atoms with E-state index in [1.807, 2.05) is 50.5 Å². The molecule has 0 saturated carbocycles. The fourth-order valence-electron chi connectivity index (χ4n) is 1.92. The molecule has 0 spiro atoms. The van der Waals surface area contributed by atoms with Crippen molar-refractivity contribution in [3.05, 3.63) is 60.7 Å². The van der Waals surface area contributed by atoms with Gasteiger partial charge in [-0.25, -0.2) is 0 Å². The van der Waals surface area contributed by atoms with E-state index < -0.39 is 7.56 Å². The summed E-state index contributed by atoms with van der Waals surface area (Å²) in [6, 6.07) is 20.7. The molecule has 2 nitrogen and oxygen atoms in total. The van der Waals surface area contributed by atoms with Crippen molar-refractivity contribution >= 4 is 18.2 Å². The molecule has 17 heavy (non-hydrogen) atoms. The summed E-state index contributed by atoms with van der Waals surface area (Å²) >= 11 is 0. The molecule has 0 atom stereocenters. The predicted octanol–water partition coefficient (Wildman–Crippen LogP) is 2.01. The third-order valence-corrected chi connectivity index (χ3v) is 6.36. The van der Waals surface area contributed by atoms with Gasteiger partial charge in [0.25, 0.3) is 0 Å². The molecule has 0 heterocycles. The molecule has 0 aliphatic carbocycles. The number of nitrogens with zero attached hydrogens (tertiary/aromatic N) is 1. The molecule has 0 bridgehead atoms. The average Bonchev–Trinajstić information content (AvgIpc) is 2.39. The Morgan fingerprint density at radius 1 is 0.765 bits per heavy atom. The van der Waals surface area contributed by atoms with E-state index in [0.717, 1.165) is 0 Å².